The number of methoxy groups -OCH3 is 3. The molecule has 0 spiro atoms. The van der Waals surface area contributed by atoms with Gasteiger partial charge < -0.3 is 34.3 Å². The predicted molar refractivity (Wildman–Crippen MR) is 161 cm³/mol. The molecule has 0 saturated heterocycles. The summed E-state index contributed by atoms with van der Waals surface area (Å²) in [5.74, 6) is -0.204. The summed E-state index contributed by atoms with van der Waals surface area (Å²) in [6.07, 6.45) is 0. The molecular formula is C31H35N3O7S. The third kappa shape index (κ3) is 6.06. The summed E-state index contributed by atoms with van der Waals surface area (Å²) in [5, 5.41) is 9.10. The first-order valence-electron chi connectivity index (χ1n) is 13.4. The SMILES string of the molecule is CCOC(=O)C1=C(C)NC(C)=C(C(=O)OCC)C1c1ccccc1Nc1nc(-c2cc(OC)c(OC)c(OC)c2)cs1. The molecule has 0 saturated carbocycles. The van der Waals surface area contributed by atoms with Gasteiger partial charge in [-0.25, -0.2) is 14.6 Å². The van der Waals surface area contributed by atoms with Crippen LogP contribution in [0.15, 0.2) is 64.3 Å². The van der Waals surface area contributed by atoms with Gasteiger partial charge in [-0.1, -0.05) is 18.2 Å². The molecule has 11 heteroatoms. The van der Waals surface area contributed by atoms with E-state index in [9.17, 15) is 9.59 Å². The molecule has 2 heterocycles. The first-order valence-corrected chi connectivity index (χ1v) is 14.3. The Bertz CT molecular complexity index is 1480. The van der Waals surface area contributed by atoms with Gasteiger partial charge in [-0.15, -0.1) is 11.3 Å². The molecule has 0 radical (unpaired) electrons. The van der Waals surface area contributed by atoms with Gasteiger partial charge in [-0.2, -0.15) is 0 Å². The van der Waals surface area contributed by atoms with Crippen molar-refractivity contribution in [1.29, 1.82) is 0 Å². The van der Waals surface area contributed by atoms with Crippen molar-refractivity contribution >= 4 is 34.1 Å². The van der Waals surface area contributed by atoms with Crippen LogP contribution in [-0.2, 0) is 19.1 Å². The van der Waals surface area contributed by atoms with Crippen LogP contribution < -0.4 is 24.8 Å². The number of carbonyl (C=O) groups is 2. The molecule has 222 valence electrons. The highest BCUT2D eigenvalue weighted by molar-refractivity contribution is 7.14. The molecule has 10 nitrogen and oxygen atoms in total. The standard InChI is InChI=1S/C31H35N3O7S/c1-8-40-29(35)25-17(3)32-18(4)26(30(36)41-9-2)27(25)20-12-10-11-13-21(20)33-31-34-22(16-42-31)19-14-23(37-5)28(39-7)24(15-19)38-6/h10-16,27,32H,8-9H2,1-7H3,(H,33,34). The number of dihydropyridines is 1. The third-order valence-corrected chi connectivity index (χ3v) is 7.49. The highest BCUT2D eigenvalue weighted by Crippen LogP contribution is 2.44. The fourth-order valence-electron chi connectivity index (χ4n) is 4.93. The van der Waals surface area contributed by atoms with E-state index in [2.05, 4.69) is 10.6 Å². The number of esters is 2. The highest BCUT2D eigenvalue weighted by atomic mass is 32.1. The lowest BCUT2D eigenvalue weighted by molar-refractivity contribution is -0.139. The number of hydrogen-bond donors (Lipinski definition) is 2. The fraction of sp³-hybridized carbons (Fsp3) is 0.323. The van der Waals surface area contributed by atoms with Crippen LogP contribution in [0.1, 0.15) is 39.2 Å². The number of ether oxygens (including phenoxy) is 5. The van der Waals surface area contributed by atoms with Gasteiger partial charge in [0.15, 0.2) is 16.6 Å². The van der Waals surface area contributed by atoms with Crippen LogP contribution >= 0.6 is 11.3 Å². The van der Waals surface area contributed by atoms with Crippen molar-refractivity contribution in [3.8, 4) is 28.5 Å². The van der Waals surface area contributed by atoms with Crippen LogP contribution in [0.3, 0.4) is 0 Å². The van der Waals surface area contributed by atoms with E-state index in [1.165, 1.54) is 11.3 Å². The van der Waals surface area contributed by atoms with Gasteiger partial charge in [0.1, 0.15) is 0 Å². The number of rotatable bonds is 11. The van der Waals surface area contributed by atoms with E-state index in [1.54, 1.807) is 49.0 Å². The van der Waals surface area contributed by atoms with Crippen molar-refractivity contribution in [3.05, 3.63) is 69.9 Å². The molecular weight excluding hydrogens is 558 g/mol. The topological polar surface area (TPSA) is 117 Å². The van der Waals surface area contributed by atoms with Crippen molar-refractivity contribution in [3.63, 3.8) is 0 Å². The predicted octanol–water partition coefficient (Wildman–Crippen LogP) is 5.94. The summed E-state index contributed by atoms with van der Waals surface area (Å²) in [5.41, 5.74) is 4.77. The van der Waals surface area contributed by atoms with Gasteiger partial charge in [0.05, 0.1) is 57.3 Å². The number of allylic oxidation sites excluding steroid dienone is 2. The number of thiazole rings is 1. The molecule has 1 aliphatic heterocycles. The molecule has 0 aliphatic carbocycles. The van der Waals surface area contributed by atoms with E-state index in [0.29, 0.717) is 61.9 Å². The Hall–Kier alpha value is -4.51. The van der Waals surface area contributed by atoms with E-state index in [0.717, 1.165) is 5.56 Å². The Morgan fingerprint density at radius 2 is 1.48 bits per heavy atom. The van der Waals surface area contributed by atoms with Gasteiger partial charge in [-0.3, -0.25) is 0 Å². The summed E-state index contributed by atoms with van der Waals surface area (Å²) in [7, 11) is 4.68. The molecule has 42 heavy (non-hydrogen) atoms. The maximum absolute atomic E-state index is 13.3. The van der Waals surface area contributed by atoms with Crippen molar-refractivity contribution in [1.82, 2.24) is 10.3 Å². The van der Waals surface area contributed by atoms with Crippen LogP contribution in [0.2, 0.25) is 0 Å². The molecule has 1 aromatic heterocycles. The monoisotopic (exact) mass is 593 g/mol. The van der Waals surface area contributed by atoms with E-state index >= 15 is 0 Å². The van der Waals surface area contributed by atoms with Crippen LogP contribution in [-0.4, -0.2) is 51.5 Å². The molecule has 0 amide bonds. The average Bonchev–Trinajstić information content (AvgIpc) is 3.44. The van der Waals surface area contributed by atoms with E-state index < -0.39 is 17.9 Å². The van der Waals surface area contributed by atoms with Gasteiger partial charge in [-0.05, 0) is 51.5 Å². The zero-order valence-electron chi connectivity index (χ0n) is 24.7. The number of nitrogens with zero attached hydrogens (tertiary/aromatic N) is 1. The molecule has 0 atom stereocenters. The summed E-state index contributed by atoms with van der Waals surface area (Å²) >= 11 is 1.41. The number of para-hydroxylation sites is 1. The first-order chi connectivity index (χ1) is 20.3. The fourth-order valence-corrected chi connectivity index (χ4v) is 5.67. The molecule has 0 bridgehead atoms. The minimum absolute atomic E-state index is 0.197. The summed E-state index contributed by atoms with van der Waals surface area (Å²) in [6, 6.07) is 11.2. The number of anilines is 2. The zero-order valence-corrected chi connectivity index (χ0v) is 25.6. The minimum Gasteiger partial charge on any atom is -0.493 e. The number of carbonyl (C=O) groups excluding carboxylic acids is 2. The average molecular weight is 594 g/mol. The summed E-state index contributed by atoms with van der Waals surface area (Å²) in [6.45, 7) is 7.48. The van der Waals surface area contributed by atoms with Gasteiger partial charge in [0.2, 0.25) is 5.75 Å². The minimum atomic E-state index is -0.734. The Morgan fingerprint density at radius 3 is 2.00 bits per heavy atom. The second kappa shape index (κ2) is 13.4. The second-order valence-corrected chi connectivity index (χ2v) is 10.1. The lowest BCUT2D eigenvalue weighted by Gasteiger charge is -2.31. The molecule has 4 rings (SSSR count). The molecule has 0 unspecified atom stereocenters. The second-order valence-electron chi connectivity index (χ2n) is 9.24. The van der Waals surface area contributed by atoms with Gasteiger partial charge in [0, 0.05) is 28.0 Å². The van der Waals surface area contributed by atoms with Crippen LogP contribution in [0, 0.1) is 0 Å². The van der Waals surface area contributed by atoms with Crippen molar-refractivity contribution < 1.29 is 33.3 Å². The van der Waals surface area contributed by atoms with E-state index in [-0.39, 0.29) is 13.2 Å². The number of benzene rings is 2. The lowest BCUT2D eigenvalue weighted by atomic mass is 9.79. The van der Waals surface area contributed by atoms with Crippen molar-refractivity contribution in [2.45, 2.75) is 33.6 Å². The maximum atomic E-state index is 13.3. The largest absolute Gasteiger partial charge is 0.493 e. The lowest BCUT2D eigenvalue weighted by Crippen LogP contribution is -2.32. The Balaban J connectivity index is 1.77. The normalized spacial score (nSPS) is 13.4. The molecule has 2 aromatic carbocycles. The Labute approximate surface area is 249 Å². The van der Waals surface area contributed by atoms with Crippen LogP contribution in [0.25, 0.3) is 11.3 Å². The summed E-state index contributed by atoms with van der Waals surface area (Å²) in [4.78, 5) is 31.3. The van der Waals surface area contributed by atoms with Gasteiger partial charge >= 0.3 is 11.9 Å². The van der Waals surface area contributed by atoms with Crippen molar-refractivity contribution in [2.75, 3.05) is 39.9 Å². The number of hydrogen-bond acceptors (Lipinski definition) is 11. The molecule has 3 aromatic rings. The summed E-state index contributed by atoms with van der Waals surface area (Å²) < 4.78 is 27.3. The third-order valence-electron chi connectivity index (χ3n) is 6.73. The van der Waals surface area contributed by atoms with Crippen molar-refractivity contribution in [2.24, 2.45) is 0 Å². The zero-order chi connectivity index (χ0) is 30.4. The maximum Gasteiger partial charge on any atom is 0.336 e. The molecule has 0 fully saturated rings. The van der Waals surface area contributed by atoms with E-state index in [1.807, 2.05) is 41.8 Å². The van der Waals surface area contributed by atoms with E-state index in [4.69, 9.17) is 28.7 Å². The van der Waals surface area contributed by atoms with Crippen LogP contribution in [0.5, 0.6) is 17.2 Å². The van der Waals surface area contributed by atoms with Gasteiger partial charge in [0.25, 0.3) is 0 Å². The smallest absolute Gasteiger partial charge is 0.336 e. The van der Waals surface area contributed by atoms with Crippen LogP contribution in [0.4, 0.5) is 10.8 Å². The quantitative estimate of drug-likeness (QED) is 0.259. The highest BCUT2D eigenvalue weighted by Gasteiger charge is 2.39. The Morgan fingerprint density at radius 1 is 0.905 bits per heavy atom. The molecule has 2 N–H and O–H groups in total. The number of aromatic nitrogens is 1. The Kier molecular flexibility index (Phi) is 9.74. The molecule has 1 aliphatic rings. The first kappa shape index (κ1) is 30.4. The number of nitrogens with one attached hydrogen (secondary N) is 2.